The Kier molecular flexibility index (Phi) is 4.19. The zero-order valence-corrected chi connectivity index (χ0v) is 8.77. The van der Waals surface area contributed by atoms with Crippen LogP contribution in [-0.4, -0.2) is 28.9 Å². The highest BCUT2D eigenvalue weighted by Crippen LogP contribution is 2.21. The molecule has 7 heteroatoms. The van der Waals surface area contributed by atoms with Gasteiger partial charge in [-0.05, 0) is 6.07 Å². The van der Waals surface area contributed by atoms with Gasteiger partial charge in [0, 0.05) is 26.2 Å². The van der Waals surface area contributed by atoms with Crippen LogP contribution in [0.3, 0.4) is 0 Å². The molecule has 2 N–H and O–H groups in total. The van der Waals surface area contributed by atoms with Crippen LogP contribution < -0.4 is 10.6 Å². The molecule has 1 heterocycles. The van der Waals surface area contributed by atoms with Crippen molar-refractivity contribution in [1.29, 1.82) is 0 Å². The van der Waals surface area contributed by atoms with Gasteiger partial charge >= 0.3 is 5.69 Å². The number of pyridine rings is 1. The number of rotatable bonds is 5. The molecule has 1 aromatic rings. The summed E-state index contributed by atoms with van der Waals surface area (Å²) in [4.78, 5) is 24.4. The summed E-state index contributed by atoms with van der Waals surface area (Å²) < 4.78 is 0. The van der Waals surface area contributed by atoms with Crippen LogP contribution in [0.25, 0.3) is 0 Å². The highest BCUT2D eigenvalue weighted by atomic mass is 16.6. The predicted octanol–water partition coefficient (Wildman–Crippen LogP) is 0.538. The van der Waals surface area contributed by atoms with E-state index < -0.39 is 4.92 Å². The largest absolute Gasteiger partial charge is 0.378 e. The van der Waals surface area contributed by atoms with Gasteiger partial charge in [-0.2, -0.15) is 0 Å². The average Bonchev–Trinajstić information content (AvgIpc) is 2.24. The number of aromatic nitrogens is 1. The van der Waals surface area contributed by atoms with Crippen LogP contribution in [0, 0.1) is 10.1 Å². The van der Waals surface area contributed by atoms with Gasteiger partial charge in [0.05, 0.1) is 4.92 Å². The molecule has 16 heavy (non-hydrogen) atoms. The number of hydrogen-bond donors (Lipinski definition) is 2. The molecule has 0 aliphatic heterocycles. The van der Waals surface area contributed by atoms with Gasteiger partial charge in [-0.15, -0.1) is 0 Å². The lowest BCUT2D eigenvalue weighted by atomic mass is 10.3. The Labute approximate surface area is 92.0 Å². The molecule has 1 aromatic heterocycles. The molecule has 0 saturated heterocycles. The minimum atomic E-state index is -0.506. The molecule has 86 valence electrons. The van der Waals surface area contributed by atoms with E-state index in [2.05, 4.69) is 15.6 Å². The summed E-state index contributed by atoms with van der Waals surface area (Å²) >= 11 is 0. The van der Waals surface area contributed by atoms with Gasteiger partial charge in [0.2, 0.25) is 5.91 Å². The maximum Gasteiger partial charge on any atom is 0.310 e. The van der Waals surface area contributed by atoms with Crippen molar-refractivity contribution < 1.29 is 9.72 Å². The molecule has 7 nitrogen and oxygen atoms in total. The molecule has 0 fully saturated rings. The van der Waals surface area contributed by atoms with Crippen LogP contribution in [0.2, 0.25) is 0 Å². The fourth-order valence-electron chi connectivity index (χ4n) is 1.12. The molecule has 0 atom stereocenters. The summed E-state index contributed by atoms with van der Waals surface area (Å²) in [7, 11) is 0. The van der Waals surface area contributed by atoms with Gasteiger partial charge < -0.3 is 10.6 Å². The molecular formula is C9H12N4O3. The van der Waals surface area contributed by atoms with E-state index in [-0.39, 0.29) is 11.6 Å². The highest BCUT2D eigenvalue weighted by Gasteiger charge is 2.11. The Morgan fingerprint density at radius 3 is 2.94 bits per heavy atom. The molecular weight excluding hydrogens is 212 g/mol. The predicted molar refractivity (Wildman–Crippen MR) is 58.1 cm³/mol. The van der Waals surface area contributed by atoms with Crippen LogP contribution in [0.15, 0.2) is 18.5 Å². The van der Waals surface area contributed by atoms with Crippen molar-refractivity contribution in [2.45, 2.75) is 6.92 Å². The second kappa shape index (κ2) is 5.64. The summed E-state index contributed by atoms with van der Waals surface area (Å²) in [5.41, 5.74) is 0.315. The number of carbonyl (C=O) groups is 1. The van der Waals surface area contributed by atoms with Gasteiger partial charge in [-0.1, -0.05) is 0 Å². The number of carbonyl (C=O) groups excluding carboxylic acids is 1. The lowest BCUT2D eigenvalue weighted by Crippen LogP contribution is -2.26. The normalized spacial score (nSPS) is 9.56. The van der Waals surface area contributed by atoms with Crippen molar-refractivity contribution in [2.75, 3.05) is 18.4 Å². The minimum absolute atomic E-state index is 0.0784. The average molecular weight is 224 g/mol. The van der Waals surface area contributed by atoms with Crippen molar-refractivity contribution in [2.24, 2.45) is 0 Å². The third-order valence-electron chi connectivity index (χ3n) is 1.81. The summed E-state index contributed by atoms with van der Waals surface area (Å²) in [5, 5.41) is 16.0. The minimum Gasteiger partial charge on any atom is -0.378 e. The van der Waals surface area contributed by atoms with E-state index in [0.29, 0.717) is 18.8 Å². The molecule has 1 rings (SSSR count). The van der Waals surface area contributed by atoms with Gasteiger partial charge in [-0.25, -0.2) is 0 Å². The number of nitro groups is 1. The van der Waals surface area contributed by atoms with Gasteiger partial charge in [-0.3, -0.25) is 19.9 Å². The summed E-state index contributed by atoms with van der Waals surface area (Å²) in [6.07, 6.45) is 2.65. The first-order valence-electron chi connectivity index (χ1n) is 4.68. The van der Waals surface area contributed by atoms with Crippen molar-refractivity contribution >= 4 is 17.3 Å². The van der Waals surface area contributed by atoms with Crippen LogP contribution in [0.1, 0.15) is 6.92 Å². The van der Waals surface area contributed by atoms with E-state index in [1.54, 1.807) is 0 Å². The van der Waals surface area contributed by atoms with Crippen LogP contribution in [0.5, 0.6) is 0 Å². The maximum atomic E-state index is 10.6. The number of nitrogens with one attached hydrogen (secondary N) is 2. The molecule has 0 spiro atoms. The second-order valence-corrected chi connectivity index (χ2v) is 3.06. The van der Waals surface area contributed by atoms with Crippen molar-refractivity contribution in [3.63, 3.8) is 0 Å². The van der Waals surface area contributed by atoms with Gasteiger partial charge in [0.15, 0.2) is 0 Å². The molecule has 0 saturated carbocycles. The third-order valence-corrected chi connectivity index (χ3v) is 1.81. The zero-order chi connectivity index (χ0) is 12.0. The SMILES string of the molecule is CC(=O)NCCNc1ccncc1[N+](=O)[O-]. The zero-order valence-electron chi connectivity index (χ0n) is 8.77. The van der Waals surface area contributed by atoms with Gasteiger partial charge in [0.1, 0.15) is 11.9 Å². The molecule has 0 bridgehead atoms. The topological polar surface area (TPSA) is 97.2 Å². The standard InChI is InChI=1S/C9H12N4O3/c1-7(14)11-4-5-12-8-2-3-10-6-9(8)13(15)16/h2-3,6H,4-5H2,1H3,(H,10,12)(H,11,14). The summed E-state index contributed by atoms with van der Waals surface area (Å²) in [6.45, 7) is 2.24. The van der Waals surface area contributed by atoms with Crippen molar-refractivity contribution in [3.8, 4) is 0 Å². The summed E-state index contributed by atoms with van der Waals surface area (Å²) in [6, 6.07) is 1.52. The van der Waals surface area contributed by atoms with Crippen LogP contribution >= 0.6 is 0 Å². The monoisotopic (exact) mass is 224 g/mol. The van der Waals surface area contributed by atoms with Crippen molar-refractivity contribution in [1.82, 2.24) is 10.3 Å². The number of anilines is 1. The first kappa shape index (κ1) is 11.9. The lowest BCUT2D eigenvalue weighted by molar-refractivity contribution is -0.384. The Morgan fingerprint density at radius 1 is 1.56 bits per heavy atom. The maximum absolute atomic E-state index is 10.6. The fourth-order valence-corrected chi connectivity index (χ4v) is 1.12. The van der Waals surface area contributed by atoms with Crippen LogP contribution in [0.4, 0.5) is 11.4 Å². The number of hydrogen-bond acceptors (Lipinski definition) is 5. The Balaban J connectivity index is 2.53. The van der Waals surface area contributed by atoms with E-state index >= 15 is 0 Å². The van der Waals surface area contributed by atoms with Crippen molar-refractivity contribution in [3.05, 3.63) is 28.6 Å². The highest BCUT2D eigenvalue weighted by molar-refractivity contribution is 5.72. The fraction of sp³-hybridized carbons (Fsp3) is 0.333. The lowest BCUT2D eigenvalue weighted by Gasteiger charge is -2.06. The molecule has 0 aromatic carbocycles. The first-order valence-corrected chi connectivity index (χ1v) is 4.68. The quantitative estimate of drug-likeness (QED) is 0.432. The third kappa shape index (κ3) is 3.52. The molecule has 0 aliphatic rings. The molecule has 0 aliphatic carbocycles. The Bertz CT molecular complexity index is 394. The smallest absolute Gasteiger partial charge is 0.310 e. The van der Waals surface area contributed by atoms with E-state index in [0.717, 1.165) is 0 Å². The Hall–Kier alpha value is -2.18. The first-order chi connectivity index (χ1) is 7.61. The van der Waals surface area contributed by atoms with Gasteiger partial charge in [0.25, 0.3) is 0 Å². The molecule has 0 radical (unpaired) electrons. The van der Waals surface area contributed by atoms with E-state index in [1.165, 1.54) is 25.4 Å². The van der Waals surface area contributed by atoms with E-state index in [9.17, 15) is 14.9 Å². The molecule has 1 amide bonds. The van der Waals surface area contributed by atoms with E-state index in [1.807, 2.05) is 0 Å². The summed E-state index contributed by atoms with van der Waals surface area (Å²) in [5.74, 6) is -0.133. The Morgan fingerprint density at radius 2 is 2.31 bits per heavy atom. The van der Waals surface area contributed by atoms with E-state index in [4.69, 9.17) is 0 Å². The number of amides is 1. The van der Waals surface area contributed by atoms with Crippen LogP contribution in [-0.2, 0) is 4.79 Å². The molecule has 0 unspecified atom stereocenters. The number of nitrogens with zero attached hydrogens (tertiary/aromatic N) is 2. The second-order valence-electron chi connectivity index (χ2n) is 3.06.